The van der Waals surface area contributed by atoms with Crippen LogP contribution < -0.4 is 0 Å². The molecule has 6 heteroatoms. The fourth-order valence-corrected chi connectivity index (χ4v) is 1.06. The maximum atomic E-state index is 13.0. The van der Waals surface area contributed by atoms with Gasteiger partial charge in [-0.1, -0.05) is 0 Å². The third-order valence-electron chi connectivity index (χ3n) is 1.80. The van der Waals surface area contributed by atoms with Crippen molar-refractivity contribution < 1.29 is 22.7 Å². The van der Waals surface area contributed by atoms with E-state index in [1.807, 2.05) is 0 Å². The minimum absolute atomic E-state index is 0.256. The molecule has 0 aliphatic rings. The van der Waals surface area contributed by atoms with E-state index >= 15 is 0 Å². The summed E-state index contributed by atoms with van der Waals surface area (Å²) >= 11 is 0. The van der Waals surface area contributed by atoms with Crippen LogP contribution in [0.25, 0.3) is 0 Å². The van der Waals surface area contributed by atoms with Crippen LogP contribution in [0.2, 0.25) is 0 Å². The summed E-state index contributed by atoms with van der Waals surface area (Å²) in [6.07, 6.45) is -4.71. The second-order valence-corrected chi connectivity index (χ2v) is 2.75. The number of aliphatic hydroxyl groups is 1. The Labute approximate surface area is 82.4 Å². The lowest BCUT2D eigenvalue weighted by Gasteiger charge is -2.09. The van der Waals surface area contributed by atoms with Crippen molar-refractivity contribution in [2.45, 2.75) is 12.8 Å². The molecular weight excluding hydrogens is 214 g/mol. The van der Waals surface area contributed by atoms with Crippen LogP contribution in [0.15, 0.2) is 12.1 Å². The Balaban J connectivity index is 3.41. The van der Waals surface area contributed by atoms with Crippen molar-refractivity contribution in [2.24, 2.45) is 0 Å². The van der Waals surface area contributed by atoms with Gasteiger partial charge in [0.2, 0.25) is 0 Å². The van der Waals surface area contributed by atoms with Gasteiger partial charge in [-0.2, -0.15) is 18.4 Å². The molecule has 0 saturated carbocycles. The van der Waals surface area contributed by atoms with Crippen molar-refractivity contribution in [1.82, 2.24) is 0 Å². The van der Waals surface area contributed by atoms with Gasteiger partial charge in [-0.25, -0.2) is 4.39 Å². The van der Waals surface area contributed by atoms with Crippen LogP contribution in [0.4, 0.5) is 17.6 Å². The number of nitriles is 1. The summed E-state index contributed by atoms with van der Waals surface area (Å²) in [5.74, 6) is -1.23. The SMILES string of the molecule is N#Cc1cc(C(F)(F)F)cc(F)c1CO. The standard InChI is InChI=1S/C9H5F4NO/c10-8-2-6(9(11,12)13)1-5(3-14)7(8)4-15/h1-2,15H,4H2. The molecule has 1 N–H and O–H groups in total. The minimum atomic E-state index is -4.71. The van der Waals surface area contributed by atoms with Gasteiger partial charge in [0.1, 0.15) is 5.82 Å². The number of hydrogen-bond donors (Lipinski definition) is 1. The van der Waals surface area contributed by atoms with Crippen molar-refractivity contribution >= 4 is 0 Å². The number of nitrogens with zero attached hydrogens (tertiary/aromatic N) is 1. The Morgan fingerprint density at radius 3 is 2.33 bits per heavy atom. The van der Waals surface area contributed by atoms with Crippen LogP contribution in [0.5, 0.6) is 0 Å². The molecule has 0 radical (unpaired) electrons. The number of halogens is 4. The molecule has 0 aliphatic carbocycles. The summed E-state index contributed by atoms with van der Waals surface area (Å²) in [4.78, 5) is 0. The van der Waals surface area contributed by atoms with E-state index in [0.29, 0.717) is 6.07 Å². The van der Waals surface area contributed by atoms with Crippen LogP contribution in [0.1, 0.15) is 16.7 Å². The van der Waals surface area contributed by atoms with E-state index in [2.05, 4.69) is 0 Å². The average Bonchev–Trinajstić information content (AvgIpc) is 2.15. The molecule has 1 aromatic rings. The molecule has 2 nitrogen and oxygen atoms in total. The lowest BCUT2D eigenvalue weighted by Crippen LogP contribution is -2.08. The zero-order chi connectivity index (χ0) is 11.6. The van der Waals surface area contributed by atoms with Gasteiger partial charge in [0, 0.05) is 5.56 Å². The molecule has 15 heavy (non-hydrogen) atoms. The van der Waals surface area contributed by atoms with Crippen LogP contribution in [0, 0.1) is 17.1 Å². The van der Waals surface area contributed by atoms with Gasteiger partial charge >= 0.3 is 6.18 Å². The molecule has 0 atom stereocenters. The van der Waals surface area contributed by atoms with Crippen LogP contribution >= 0.6 is 0 Å². The smallest absolute Gasteiger partial charge is 0.392 e. The third kappa shape index (κ3) is 2.25. The highest BCUT2D eigenvalue weighted by Gasteiger charge is 2.32. The van der Waals surface area contributed by atoms with E-state index in [0.717, 1.165) is 0 Å². The molecule has 1 rings (SSSR count). The minimum Gasteiger partial charge on any atom is -0.392 e. The second-order valence-electron chi connectivity index (χ2n) is 2.75. The van der Waals surface area contributed by atoms with Crippen molar-refractivity contribution in [1.29, 1.82) is 5.26 Å². The fourth-order valence-electron chi connectivity index (χ4n) is 1.06. The highest BCUT2D eigenvalue weighted by atomic mass is 19.4. The lowest BCUT2D eigenvalue weighted by atomic mass is 10.0. The van der Waals surface area contributed by atoms with Gasteiger partial charge in [-0.05, 0) is 12.1 Å². The summed E-state index contributed by atoms with van der Waals surface area (Å²) in [5.41, 5.74) is -2.18. The van der Waals surface area contributed by atoms with Crippen LogP contribution in [-0.2, 0) is 12.8 Å². The zero-order valence-electron chi connectivity index (χ0n) is 7.27. The van der Waals surface area contributed by atoms with E-state index in [-0.39, 0.29) is 6.07 Å². The summed E-state index contributed by atoms with van der Waals surface area (Å²) in [7, 11) is 0. The maximum Gasteiger partial charge on any atom is 0.416 e. The Hall–Kier alpha value is -1.61. The lowest BCUT2D eigenvalue weighted by molar-refractivity contribution is -0.137. The first-order valence-corrected chi connectivity index (χ1v) is 3.80. The Morgan fingerprint density at radius 1 is 1.33 bits per heavy atom. The van der Waals surface area contributed by atoms with Gasteiger partial charge in [-0.15, -0.1) is 0 Å². The highest BCUT2D eigenvalue weighted by molar-refractivity contribution is 5.42. The van der Waals surface area contributed by atoms with Crippen molar-refractivity contribution in [3.05, 3.63) is 34.6 Å². The van der Waals surface area contributed by atoms with Gasteiger partial charge in [0.25, 0.3) is 0 Å². The van der Waals surface area contributed by atoms with Gasteiger partial charge in [0.05, 0.1) is 23.8 Å². The summed E-state index contributed by atoms with van der Waals surface area (Å²) in [6, 6.07) is 2.16. The van der Waals surface area contributed by atoms with E-state index in [4.69, 9.17) is 10.4 Å². The molecule has 0 saturated heterocycles. The molecular formula is C9H5F4NO. The van der Waals surface area contributed by atoms with Crippen molar-refractivity contribution in [3.63, 3.8) is 0 Å². The van der Waals surface area contributed by atoms with Gasteiger partial charge in [-0.3, -0.25) is 0 Å². The average molecular weight is 219 g/mol. The van der Waals surface area contributed by atoms with E-state index in [1.54, 1.807) is 0 Å². The summed E-state index contributed by atoms with van der Waals surface area (Å²) in [6.45, 7) is -0.813. The molecule has 0 bridgehead atoms. The normalized spacial score (nSPS) is 11.2. The molecule has 0 heterocycles. The predicted molar refractivity (Wildman–Crippen MR) is 42.0 cm³/mol. The fraction of sp³-hybridized carbons (Fsp3) is 0.222. The predicted octanol–water partition coefficient (Wildman–Crippen LogP) is 2.21. The number of benzene rings is 1. The van der Waals surface area contributed by atoms with Gasteiger partial charge < -0.3 is 5.11 Å². The summed E-state index contributed by atoms with van der Waals surface area (Å²) < 4.78 is 49.6. The van der Waals surface area contributed by atoms with Crippen LogP contribution in [0.3, 0.4) is 0 Å². The van der Waals surface area contributed by atoms with E-state index in [9.17, 15) is 17.6 Å². The van der Waals surface area contributed by atoms with Crippen LogP contribution in [-0.4, -0.2) is 5.11 Å². The largest absolute Gasteiger partial charge is 0.416 e. The van der Waals surface area contributed by atoms with Gasteiger partial charge in [0.15, 0.2) is 0 Å². The molecule has 0 fully saturated rings. The Morgan fingerprint density at radius 2 is 1.93 bits per heavy atom. The molecule has 0 unspecified atom stereocenters. The van der Waals surface area contributed by atoms with Crippen molar-refractivity contribution in [3.8, 4) is 6.07 Å². The zero-order valence-corrected chi connectivity index (χ0v) is 7.27. The topological polar surface area (TPSA) is 44.0 Å². The monoisotopic (exact) mass is 219 g/mol. The van der Waals surface area contributed by atoms with E-state index in [1.165, 1.54) is 6.07 Å². The third-order valence-corrected chi connectivity index (χ3v) is 1.80. The molecule has 0 spiro atoms. The highest BCUT2D eigenvalue weighted by Crippen LogP contribution is 2.31. The first-order valence-electron chi connectivity index (χ1n) is 3.80. The number of alkyl halides is 3. The number of rotatable bonds is 1. The maximum absolute atomic E-state index is 13.0. The molecule has 80 valence electrons. The molecule has 0 amide bonds. The molecule has 0 aromatic heterocycles. The quantitative estimate of drug-likeness (QED) is 0.736. The first-order chi connectivity index (χ1) is 6.90. The van der Waals surface area contributed by atoms with E-state index < -0.39 is 35.3 Å². The Bertz CT molecular complexity index is 419. The summed E-state index contributed by atoms with van der Waals surface area (Å²) in [5, 5.41) is 17.1. The van der Waals surface area contributed by atoms with Crippen molar-refractivity contribution in [2.75, 3.05) is 0 Å². The molecule has 0 aliphatic heterocycles. The number of aliphatic hydroxyl groups excluding tert-OH is 1. The molecule has 1 aromatic carbocycles. The first kappa shape index (κ1) is 11.5. The second kappa shape index (κ2) is 3.87. The Kier molecular flexibility index (Phi) is 2.95. The number of hydrogen-bond acceptors (Lipinski definition) is 2.